The van der Waals surface area contributed by atoms with Gasteiger partial charge in [-0.25, -0.2) is 0 Å². The summed E-state index contributed by atoms with van der Waals surface area (Å²) >= 11 is 0. The van der Waals surface area contributed by atoms with Gasteiger partial charge in [0.25, 0.3) is 0 Å². The number of hydrogen-bond acceptors (Lipinski definition) is 6. The number of ether oxygens (including phenoxy) is 1. The standard InChI is InChI=1S/C18H26N4O2/c1-15-13-21(8-9-22(15)10-11-23-2)14-18-20-19-17(24-18)12-16-6-4-3-5-7-16/h3-7,15H,8-14H2,1-2H3. The molecule has 0 N–H and O–H groups in total. The maximum absolute atomic E-state index is 5.82. The molecule has 1 aliphatic rings. The van der Waals surface area contributed by atoms with Gasteiger partial charge in [0.05, 0.1) is 19.6 Å². The van der Waals surface area contributed by atoms with Gasteiger partial charge in [-0.2, -0.15) is 0 Å². The Hall–Kier alpha value is -1.76. The molecule has 24 heavy (non-hydrogen) atoms. The number of piperazine rings is 1. The highest BCUT2D eigenvalue weighted by Crippen LogP contribution is 2.14. The van der Waals surface area contributed by atoms with Crippen LogP contribution in [0.3, 0.4) is 0 Å². The van der Waals surface area contributed by atoms with Crippen LogP contribution >= 0.6 is 0 Å². The summed E-state index contributed by atoms with van der Waals surface area (Å²) in [6.07, 6.45) is 0.690. The summed E-state index contributed by atoms with van der Waals surface area (Å²) in [5.41, 5.74) is 1.19. The van der Waals surface area contributed by atoms with E-state index in [1.165, 1.54) is 5.56 Å². The van der Waals surface area contributed by atoms with Crippen LogP contribution in [0.15, 0.2) is 34.7 Å². The quantitative estimate of drug-likeness (QED) is 0.772. The largest absolute Gasteiger partial charge is 0.424 e. The van der Waals surface area contributed by atoms with Crippen LogP contribution in [0.2, 0.25) is 0 Å². The van der Waals surface area contributed by atoms with Crippen molar-refractivity contribution in [3.05, 3.63) is 47.7 Å². The van der Waals surface area contributed by atoms with Crippen molar-refractivity contribution in [1.82, 2.24) is 20.0 Å². The molecule has 1 saturated heterocycles. The lowest BCUT2D eigenvalue weighted by Gasteiger charge is -2.39. The first kappa shape index (κ1) is 17.1. The van der Waals surface area contributed by atoms with E-state index < -0.39 is 0 Å². The monoisotopic (exact) mass is 330 g/mol. The normalized spacial score (nSPS) is 19.7. The van der Waals surface area contributed by atoms with E-state index in [4.69, 9.17) is 9.15 Å². The molecule has 2 heterocycles. The molecule has 1 atom stereocenters. The summed E-state index contributed by atoms with van der Waals surface area (Å²) in [5, 5.41) is 8.39. The molecule has 1 aliphatic heterocycles. The molecule has 0 saturated carbocycles. The Morgan fingerprint density at radius 2 is 1.96 bits per heavy atom. The zero-order chi connectivity index (χ0) is 16.8. The highest BCUT2D eigenvalue weighted by atomic mass is 16.5. The van der Waals surface area contributed by atoms with Crippen LogP contribution in [0, 0.1) is 0 Å². The van der Waals surface area contributed by atoms with E-state index in [9.17, 15) is 0 Å². The second-order valence-electron chi connectivity index (χ2n) is 6.36. The van der Waals surface area contributed by atoms with Gasteiger partial charge in [0.2, 0.25) is 11.8 Å². The fourth-order valence-corrected chi connectivity index (χ4v) is 3.14. The van der Waals surface area contributed by atoms with Gasteiger partial charge in [0.1, 0.15) is 0 Å². The van der Waals surface area contributed by atoms with Gasteiger partial charge in [0.15, 0.2) is 0 Å². The fraction of sp³-hybridized carbons (Fsp3) is 0.556. The Morgan fingerprint density at radius 1 is 1.17 bits per heavy atom. The van der Waals surface area contributed by atoms with Crippen LogP contribution in [0.5, 0.6) is 0 Å². The maximum Gasteiger partial charge on any atom is 0.230 e. The average Bonchev–Trinajstić information content (AvgIpc) is 3.02. The Kier molecular flexibility index (Phi) is 5.96. The van der Waals surface area contributed by atoms with Crippen LogP contribution in [-0.2, 0) is 17.7 Å². The molecule has 1 aromatic heterocycles. The molecule has 0 amide bonds. The van der Waals surface area contributed by atoms with Crippen LogP contribution in [-0.4, -0.2) is 65.9 Å². The van der Waals surface area contributed by atoms with Crippen molar-refractivity contribution < 1.29 is 9.15 Å². The molecular formula is C18H26N4O2. The topological polar surface area (TPSA) is 54.6 Å². The van der Waals surface area contributed by atoms with Gasteiger partial charge >= 0.3 is 0 Å². The van der Waals surface area contributed by atoms with Gasteiger partial charge in [0, 0.05) is 39.3 Å². The zero-order valence-electron chi connectivity index (χ0n) is 14.5. The Labute approximate surface area is 143 Å². The zero-order valence-corrected chi connectivity index (χ0v) is 14.5. The van der Waals surface area contributed by atoms with Crippen molar-refractivity contribution in [3.8, 4) is 0 Å². The molecule has 2 aromatic rings. The molecule has 0 radical (unpaired) electrons. The summed E-state index contributed by atoms with van der Waals surface area (Å²) in [7, 11) is 1.75. The molecule has 1 fully saturated rings. The molecule has 6 nitrogen and oxygen atoms in total. The molecule has 6 heteroatoms. The average molecular weight is 330 g/mol. The van der Waals surface area contributed by atoms with E-state index >= 15 is 0 Å². The van der Waals surface area contributed by atoms with E-state index in [0.717, 1.165) is 39.3 Å². The fourth-order valence-electron chi connectivity index (χ4n) is 3.14. The van der Waals surface area contributed by atoms with Crippen LogP contribution in [0.4, 0.5) is 0 Å². The molecule has 1 aromatic carbocycles. The van der Waals surface area contributed by atoms with Gasteiger partial charge in [-0.1, -0.05) is 30.3 Å². The van der Waals surface area contributed by atoms with Gasteiger partial charge in [-0.15, -0.1) is 10.2 Å². The minimum absolute atomic E-state index is 0.514. The number of methoxy groups -OCH3 is 1. The molecule has 130 valence electrons. The van der Waals surface area contributed by atoms with Gasteiger partial charge in [-0.3, -0.25) is 9.80 Å². The first-order valence-electron chi connectivity index (χ1n) is 8.55. The second-order valence-corrected chi connectivity index (χ2v) is 6.36. The van der Waals surface area contributed by atoms with Gasteiger partial charge in [-0.05, 0) is 12.5 Å². The van der Waals surface area contributed by atoms with Crippen molar-refractivity contribution in [2.45, 2.75) is 25.9 Å². The molecule has 3 rings (SSSR count). The Morgan fingerprint density at radius 3 is 2.71 bits per heavy atom. The number of nitrogens with zero attached hydrogens (tertiary/aromatic N) is 4. The first-order chi connectivity index (χ1) is 11.7. The number of rotatable bonds is 7. The van der Waals surface area contributed by atoms with Crippen LogP contribution < -0.4 is 0 Å². The first-order valence-corrected chi connectivity index (χ1v) is 8.55. The summed E-state index contributed by atoms with van der Waals surface area (Å²) in [4.78, 5) is 4.85. The number of hydrogen-bond donors (Lipinski definition) is 0. The predicted octanol–water partition coefficient (Wildman–Crippen LogP) is 1.81. The van der Waals surface area contributed by atoms with E-state index in [1.807, 2.05) is 18.2 Å². The minimum atomic E-state index is 0.514. The third kappa shape index (κ3) is 4.63. The molecule has 0 spiro atoms. The lowest BCUT2D eigenvalue weighted by molar-refractivity contribution is 0.0520. The SMILES string of the molecule is COCCN1CCN(Cc2nnc(Cc3ccccc3)o2)CC1C. The van der Waals surface area contributed by atoms with E-state index in [1.54, 1.807) is 7.11 Å². The Bertz CT molecular complexity index is 616. The Balaban J connectivity index is 1.50. The smallest absolute Gasteiger partial charge is 0.230 e. The minimum Gasteiger partial charge on any atom is -0.424 e. The van der Waals surface area contributed by atoms with Gasteiger partial charge < -0.3 is 9.15 Å². The summed E-state index contributed by atoms with van der Waals surface area (Å²) in [5.74, 6) is 1.39. The van der Waals surface area contributed by atoms with Crippen LogP contribution in [0.1, 0.15) is 24.3 Å². The van der Waals surface area contributed by atoms with Crippen molar-refractivity contribution in [2.24, 2.45) is 0 Å². The van der Waals surface area contributed by atoms with Crippen molar-refractivity contribution in [1.29, 1.82) is 0 Å². The number of aromatic nitrogens is 2. The highest BCUT2D eigenvalue weighted by molar-refractivity contribution is 5.17. The molecule has 0 bridgehead atoms. The number of benzene rings is 1. The summed E-state index contributed by atoms with van der Waals surface area (Å²) in [6.45, 7) is 7.85. The maximum atomic E-state index is 5.82. The van der Waals surface area contributed by atoms with E-state index in [0.29, 0.717) is 24.2 Å². The van der Waals surface area contributed by atoms with E-state index in [2.05, 4.69) is 39.1 Å². The third-order valence-electron chi connectivity index (χ3n) is 4.50. The molecule has 1 unspecified atom stereocenters. The second kappa shape index (κ2) is 8.37. The molecular weight excluding hydrogens is 304 g/mol. The lowest BCUT2D eigenvalue weighted by Crippen LogP contribution is -2.52. The van der Waals surface area contributed by atoms with Crippen molar-refractivity contribution in [2.75, 3.05) is 39.9 Å². The third-order valence-corrected chi connectivity index (χ3v) is 4.50. The van der Waals surface area contributed by atoms with E-state index in [-0.39, 0.29) is 0 Å². The molecule has 0 aliphatic carbocycles. The summed E-state index contributed by atoms with van der Waals surface area (Å²) in [6, 6.07) is 10.7. The summed E-state index contributed by atoms with van der Waals surface area (Å²) < 4.78 is 11.0. The van der Waals surface area contributed by atoms with Crippen LogP contribution in [0.25, 0.3) is 0 Å². The van der Waals surface area contributed by atoms with Crippen molar-refractivity contribution >= 4 is 0 Å². The predicted molar refractivity (Wildman–Crippen MR) is 91.7 cm³/mol. The highest BCUT2D eigenvalue weighted by Gasteiger charge is 2.24. The van der Waals surface area contributed by atoms with Crippen molar-refractivity contribution in [3.63, 3.8) is 0 Å². The lowest BCUT2D eigenvalue weighted by atomic mass is 10.2.